The molecule has 0 saturated carbocycles. The van der Waals surface area contributed by atoms with Crippen molar-refractivity contribution in [2.24, 2.45) is 0 Å². The van der Waals surface area contributed by atoms with Crippen LogP contribution in [0.4, 0.5) is 0 Å². The molecule has 0 bridgehead atoms. The van der Waals surface area contributed by atoms with Crippen LogP contribution in [0.15, 0.2) is 0 Å². The van der Waals surface area contributed by atoms with E-state index in [1.165, 1.54) is 0 Å². The molecule has 12 heavy (non-hydrogen) atoms. The lowest BCUT2D eigenvalue weighted by atomic mass is 10.1. The van der Waals surface area contributed by atoms with Gasteiger partial charge in [0.1, 0.15) is 0 Å². The van der Waals surface area contributed by atoms with Crippen molar-refractivity contribution in [2.45, 2.75) is 25.9 Å². The van der Waals surface area contributed by atoms with Gasteiger partial charge in [0.15, 0.2) is 0 Å². The summed E-state index contributed by atoms with van der Waals surface area (Å²) in [7, 11) is 0. The molecule has 72 valence electrons. The van der Waals surface area contributed by atoms with Crippen molar-refractivity contribution in [1.29, 1.82) is 0 Å². The van der Waals surface area contributed by atoms with Crippen LogP contribution in [-0.4, -0.2) is 37.4 Å². The first-order valence-corrected chi connectivity index (χ1v) is 4.25. The Morgan fingerprint density at radius 1 is 1.58 bits per heavy atom. The van der Waals surface area contributed by atoms with Crippen molar-refractivity contribution < 1.29 is 14.6 Å². The minimum Gasteiger partial charge on any atom is -0.468 e. The molecule has 0 aliphatic carbocycles. The molecule has 4 heteroatoms. The van der Waals surface area contributed by atoms with Gasteiger partial charge in [-0.1, -0.05) is 0 Å². The van der Waals surface area contributed by atoms with Gasteiger partial charge in [0.2, 0.25) is 0 Å². The SMILES string of the molecule is CCOC=O.OC1CCNCC1. The highest BCUT2D eigenvalue weighted by atomic mass is 16.5. The molecule has 0 spiro atoms. The van der Waals surface area contributed by atoms with E-state index in [4.69, 9.17) is 5.11 Å². The standard InChI is InChI=1S/C5H11NO.C3H6O2/c7-5-1-3-6-4-2-5;1-2-5-3-4/h5-7H,1-4H2;3H,2H2,1H3. The van der Waals surface area contributed by atoms with Gasteiger partial charge in [0, 0.05) is 0 Å². The van der Waals surface area contributed by atoms with E-state index in [1.807, 2.05) is 0 Å². The summed E-state index contributed by atoms with van der Waals surface area (Å²) in [5.41, 5.74) is 0. The van der Waals surface area contributed by atoms with Crippen LogP contribution in [0.2, 0.25) is 0 Å². The van der Waals surface area contributed by atoms with E-state index in [-0.39, 0.29) is 6.10 Å². The maximum Gasteiger partial charge on any atom is 0.293 e. The molecule has 1 saturated heterocycles. The van der Waals surface area contributed by atoms with Crippen LogP contribution >= 0.6 is 0 Å². The summed E-state index contributed by atoms with van der Waals surface area (Å²) in [4.78, 5) is 9.18. The molecule has 0 unspecified atom stereocenters. The number of aliphatic hydroxyl groups is 1. The second kappa shape index (κ2) is 8.49. The second-order valence-corrected chi connectivity index (χ2v) is 2.53. The Kier molecular flexibility index (Phi) is 8.05. The van der Waals surface area contributed by atoms with Crippen molar-refractivity contribution in [3.63, 3.8) is 0 Å². The topological polar surface area (TPSA) is 58.6 Å². The van der Waals surface area contributed by atoms with Crippen molar-refractivity contribution in [2.75, 3.05) is 19.7 Å². The third-order valence-electron chi connectivity index (χ3n) is 1.54. The highest BCUT2D eigenvalue weighted by Crippen LogP contribution is 1.99. The Balaban J connectivity index is 0.000000217. The molecule has 1 heterocycles. The van der Waals surface area contributed by atoms with Crippen LogP contribution in [-0.2, 0) is 9.53 Å². The zero-order valence-electron chi connectivity index (χ0n) is 7.45. The van der Waals surface area contributed by atoms with E-state index < -0.39 is 0 Å². The number of ether oxygens (including phenoxy) is 1. The third-order valence-corrected chi connectivity index (χ3v) is 1.54. The summed E-state index contributed by atoms with van der Waals surface area (Å²) in [5, 5.41) is 12.0. The van der Waals surface area contributed by atoms with E-state index in [2.05, 4.69) is 10.1 Å². The van der Waals surface area contributed by atoms with Crippen LogP contribution in [0.25, 0.3) is 0 Å². The van der Waals surface area contributed by atoms with E-state index in [0.717, 1.165) is 25.9 Å². The Morgan fingerprint density at radius 3 is 2.33 bits per heavy atom. The minimum absolute atomic E-state index is 0.0266. The summed E-state index contributed by atoms with van der Waals surface area (Å²) in [6.45, 7) is 4.64. The van der Waals surface area contributed by atoms with E-state index in [1.54, 1.807) is 6.92 Å². The van der Waals surface area contributed by atoms with Crippen LogP contribution in [0.5, 0.6) is 0 Å². The number of hydrogen-bond donors (Lipinski definition) is 2. The zero-order chi connectivity index (χ0) is 9.23. The molecular formula is C8H17NO3. The van der Waals surface area contributed by atoms with Crippen LogP contribution < -0.4 is 5.32 Å². The fourth-order valence-corrected chi connectivity index (χ4v) is 0.875. The van der Waals surface area contributed by atoms with Gasteiger partial charge in [-0.05, 0) is 32.9 Å². The number of nitrogens with one attached hydrogen (secondary N) is 1. The highest BCUT2D eigenvalue weighted by molar-refractivity contribution is 5.36. The smallest absolute Gasteiger partial charge is 0.293 e. The molecule has 0 aromatic heterocycles. The monoisotopic (exact) mass is 175 g/mol. The summed E-state index contributed by atoms with van der Waals surface area (Å²) in [6, 6.07) is 0. The first-order valence-electron chi connectivity index (χ1n) is 4.25. The molecule has 0 aromatic carbocycles. The fourth-order valence-electron chi connectivity index (χ4n) is 0.875. The third kappa shape index (κ3) is 7.50. The first kappa shape index (κ1) is 11.4. The van der Waals surface area contributed by atoms with Crippen molar-refractivity contribution in [1.82, 2.24) is 5.32 Å². The van der Waals surface area contributed by atoms with Gasteiger partial charge in [0.25, 0.3) is 6.47 Å². The van der Waals surface area contributed by atoms with Gasteiger partial charge in [-0.25, -0.2) is 0 Å². The zero-order valence-corrected chi connectivity index (χ0v) is 7.45. The molecule has 4 nitrogen and oxygen atoms in total. The predicted octanol–water partition coefficient (Wildman–Crippen LogP) is -0.0900. The second-order valence-electron chi connectivity index (χ2n) is 2.53. The maximum absolute atomic E-state index is 9.18. The van der Waals surface area contributed by atoms with E-state index in [0.29, 0.717) is 13.1 Å². The number of carbonyl (C=O) groups excluding carboxylic acids is 1. The predicted molar refractivity (Wildman–Crippen MR) is 45.8 cm³/mol. The van der Waals surface area contributed by atoms with Gasteiger partial charge in [-0.2, -0.15) is 0 Å². The normalized spacial score (nSPS) is 17.5. The molecule has 0 amide bonds. The van der Waals surface area contributed by atoms with Crippen LogP contribution in [0.3, 0.4) is 0 Å². The molecule has 1 fully saturated rings. The number of rotatable bonds is 2. The van der Waals surface area contributed by atoms with Crippen molar-refractivity contribution in [3.8, 4) is 0 Å². The molecule has 1 aliphatic rings. The number of piperidine rings is 1. The van der Waals surface area contributed by atoms with Gasteiger partial charge in [-0.15, -0.1) is 0 Å². The summed E-state index contributed by atoms with van der Waals surface area (Å²) >= 11 is 0. The van der Waals surface area contributed by atoms with Gasteiger partial charge < -0.3 is 15.2 Å². The molecule has 0 radical (unpaired) electrons. The van der Waals surface area contributed by atoms with E-state index >= 15 is 0 Å². The van der Waals surface area contributed by atoms with Crippen molar-refractivity contribution in [3.05, 3.63) is 0 Å². The van der Waals surface area contributed by atoms with Crippen molar-refractivity contribution >= 4 is 6.47 Å². The molecule has 1 aliphatic heterocycles. The highest BCUT2D eigenvalue weighted by Gasteiger charge is 2.06. The Labute approximate surface area is 72.9 Å². The largest absolute Gasteiger partial charge is 0.468 e. The number of carbonyl (C=O) groups is 1. The average Bonchev–Trinajstić information content (AvgIpc) is 2.08. The summed E-state index contributed by atoms with van der Waals surface area (Å²) in [6.07, 6.45) is 1.83. The average molecular weight is 175 g/mol. The molecule has 0 aromatic rings. The summed E-state index contributed by atoms with van der Waals surface area (Å²) in [5.74, 6) is 0. The lowest BCUT2D eigenvalue weighted by Crippen LogP contribution is -2.30. The lowest BCUT2D eigenvalue weighted by molar-refractivity contribution is -0.128. The Bertz CT molecular complexity index is 102. The van der Waals surface area contributed by atoms with Gasteiger partial charge in [0.05, 0.1) is 12.7 Å². The fraction of sp³-hybridized carbons (Fsp3) is 0.875. The minimum atomic E-state index is -0.0266. The molecule has 0 atom stereocenters. The maximum atomic E-state index is 9.18. The van der Waals surface area contributed by atoms with Gasteiger partial charge in [-0.3, -0.25) is 4.79 Å². The Hall–Kier alpha value is -0.610. The molecular weight excluding hydrogens is 158 g/mol. The van der Waals surface area contributed by atoms with Gasteiger partial charge >= 0.3 is 0 Å². The van der Waals surface area contributed by atoms with Crippen LogP contribution in [0, 0.1) is 0 Å². The molecule has 1 rings (SSSR count). The number of hydrogen-bond acceptors (Lipinski definition) is 4. The molecule has 2 N–H and O–H groups in total. The first-order chi connectivity index (χ1) is 5.81. The number of aliphatic hydroxyl groups excluding tert-OH is 1. The quantitative estimate of drug-likeness (QED) is 0.576. The van der Waals surface area contributed by atoms with E-state index in [9.17, 15) is 4.79 Å². The van der Waals surface area contributed by atoms with Crippen LogP contribution in [0.1, 0.15) is 19.8 Å². The lowest BCUT2D eigenvalue weighted by Gasteiger charge is -2.16. The summed E-state index contributed by atoms with van der Waals surface area (Å²) < 4.78 is 4.15. The Morgan fingerprint density at radius 2 is 2.17 bits per heavy atom.